The van der Waals surface area contributed by atoms with E-state index in [0.29, 0.717) is 15.7 Å². The standard InChI is InChI=1S/C14H17IN2O3S2/c1-14(21-3-4-22-14)7-12(18)17-16-8-9-5-10(15)13(19)11(6-9)20-2/h5-6,8,19H,3-4,7H2,1-2H3,(H,17,18). The molecule has 1 aromatic carbocycles. The summed E-state index contributed by atoms with van der Waals surface area (Å²) in [4.78, 5) is 11.9. The van der Waals surface area contributed by atoms with Crippen molar-refractivity contribution in [3.8, 4) is 11.5 Å². The van der Waals surface area contributed by atoms with Gasteiger partial charge in [0.05, 0.1) is 27.4 Å². The van der Waals surface area contributed by atoms with Crippen molar-refractivity contribution < 1.29 is 14.6 Å². The normalized spacial score (nSPS) is 16.9. The number of ether oxygens (including phenoxy) is 1. The molecule has 0 unspecified atom stereocenters. The van der Waals surface area contributed by atoms with Crippen molar-refractivity contribution in [3.63, 3.8) is 0 Å². The van der Waals surface area contributed by atoms with E-state index in [4.69, 9.17) is 4.74 Å². The van der Waals surface area contributed by atoms with Gasteiger partial charge in [0.25, 0.3) is 0 Å². The summed E-state index contributed by atoms with van der Waals surface area (Å²) in [7, 11) is 1.49. The lowest BCUT2D eigenvalue weighted by molar-refractivity contribution is -0.121. The summed E-state index contributed by atoms with van der Waals surface area (Å²) < 4.78 is 5.70. The van der Waals surface area contributed by atoms with Crippen LogP contribution in [0.1, 0.15) is 18.9 Å². The Morgan fingerprint density at radius 3 is 2.86 bits per heavy atom. The molecular weight excluding hydrogens is 435 g/mol. The zero-order valence-corrected chi connectivity index (χ0v) is 16.0. The van der Waals surface area contributed by atoms with Crippen molar-refractivity contribution in [1.82, 2.24) is 5.43 Å². The van der Waals surface area contributed by atoms with Gasteiger partial charge in [0.15, 0.2) is 11.5 Å². The zero-order chi connectivity index (χ0) is 16.2. The number of rotatable bonds is 5. The SMILES string of the molecule is COc1cc(C=NNC(=O)CC2(C)SCCS2)cc(I)c1O. The van der Waals surface area contributed by atoms with Crippen molar-refractivity contribution >= 4 is 58.2 Å². The van der Waals surface area contributed by atoms with E-state index in [9.17, 15) is 9.90 Å². The number of hydrogen-bond donors (Lipinski definition) is 2. The number of carbonyl (C=O) groups is 1. The summed E-state index contributed by atoms with van der Waals surface area (Å²) in [6.07, 6.45) is 1.98. The van der Waals surface area contributed by atoms with Gasteiger partial charge in [0.2, 0.25) is 5.91 Å². The summed E-state index contributed by atoms with van der Waals surface area (Å²) in [6.45, 7) is 2.09. The molecule has 0 aliphatic carbocycles. The second-order valence-corrected chi connectivity index (χ2v) is 9.47. The second-order valence-electron chi connectivity index (χ2n) is 4.85. The van der Waals surface area contributed by atoms with Gasteiger partial charge in [-0.05, 0) is 47.2 Å². The first-order valence-corrected chi connectivity index (χ1v) is 9.65. The summed E-state index contributed by atoms with van der Waals surface area (Å²) in [5.74, 6) is 2.56. The van der Waals surface area contributed by atoms with E-state index < -0.39 is 0 Å². The number of thioether (sulfide) groups is 2. The minimum absolute atomic E-state index is 0.0449. The van der Waals surface area contributed by atoms with Crippen LogP contribution in [0.2, 0.25) is 0 Å². The van der Waals surface area contributed by atoms with Crippen LogP contribution in [0.25, 0.3) is 0 Å². The molecule has 1 saturated heterocycles. The maximum Gasteiger partial charge on any atom is 0.242 e. The second kappa shape index (κ2) is 7.78. The predicted molar refractivity (Wildman–Crippen MR) is 101 cm³/mol. The minimum Gasteiger partial charge on any atom is -0.504 e. The lowest BCUT2D eigenvalue weighted by atomic mass is 10.2. The van der Waals surface area contributed by atoms with E-state index in [1.807, 2.05) is 46.1 Å². The highest BCUT2D eigenvalue weighted by atomic mass is 127. The maximum absolute atomic E-state index is 11.9. The molecule has 1 aromatic rings. The van der Waals surface area contributed by atoms with Gasteiger partial charge in [-0.3, -0.25) is 4.79 Å². The molecule has 0 bridgehead atoms. The molecule has 0 atom stereocenters. The van der Waals surface area contributed by atoms with Gasteiger partial charge in [0, 0.05) is 11.5 Å². The molecule has 1 fully saturated rings. The number of benzene rings is 1. The van der Waals surface area contributed by atoms with E-state index in [1.165, 1.54) is 7.11 Å². The number of hydrazone groups is 1. The largest absolute Gasteiger partial charge is 0.504 e. The first-order valence-electron chi connectivity index (χ1n) is 6.60. The fourth-order valence-corrected chi connectivity index (χ4v) is 5.45. The summed E-state index contributed by atoms with van der Waals surface area (Å²) >= 11 is 5.65. The molecule has 1 amide bonds. The molecule has 0 saturated carbocycles. The summed E-state index contributed by atoms with van der Waals surface area (Å²) in [5, 5.41) is 13.7. The number of nitrogens with zero attached hydrogens (tertiary/aromatic N) is 1. The Balaban J connectivity index is 1.95. The van der Waals surface area contributed by atoms with Crippen LogP contribution in [0.3, 0.4) is 0 Å². The van der Waals surface area contributed by atoms with Gasteiger partial charge in [-0.1, -0.05) is 0 Å². The molecule has 1 aliphatic rings. The topological polar surface area (TPSA) is 70.9 Å². The average Bonchev–Trinajstić information content (AvgIpc) is 2.88. The van der Waals surface area contributed by atoms with Crippen molar-refractivity contribution in [2.24, 2.45) is 5.10 Å². The number of nitrogens with one attached hydrogen (secondary N) is 1. The lowest BCUT2D eigenvalue weighted by Gasteiger charge is -2.19. The summed E-state index contributed by atoms with van der Waals surface area (Å²) in [6, 6.07) is 3.43. The smallest absolute Gasteiger partial charge is 0.242 e. The molecule has 1 heterocycles. The number of methoxy groups -OCH3 is 1. The number of aromatic hydroxyl groups is 1. The van der Waals surface area contributed by atoms with Gasteiger partial charge in [0.1, 0.15) is 0 Å². The highest BCUT2D eigenvalue weighted by Crippen LogP contribution is 2.45. The Morgan fingerprint density at radius 1 is 1.55 bits per heavy atom. The van der Waals surface area contributed by atoms with Crippen molar-refractivity contribution in [3.05, 3.63) is 21.3 Å². The third-order valence-corrected chi connectivity index (χ3v) is 7.17. The maximum atomic E-state index is 11.9. The molecular formula is C14H17IN2O3S2. The molecule has 22 heavy (non-hydrogen) atoms. The van der Waals surface area contributed by atoms with Gasteiger partial charge in [-0.25, -0.2) is 5.43 Å². The first-order chi connectivity index (χ1) is 10.4. The van der Waals surface area contributed by atoms with Crippen molar-refractivity contribution in [1.29, 1.82) is 0 Å². The van der Waals surface area contributed by atoms with Crippen LogP contribution in [0.4, 0.5) is 0 Å². The zero-order valence-electron chi connectivity index (χ0n) is 12.3. The minimum atomic E-state index is -0.0962. The van der Waals surface area contributed by atoms with Crippen LogP contribution in [-0.2, 0) is 4.79 Å². The molecule has 8 heteroatoms. The monoisotopic (exact) mass is 452 g/mol. The fourth-order valence-electron chi connectivity index (χ4n) is 1.99. The van der Waals surface area contributed by atoms with Crippen LogP contribution >= 0.6 is 46.1 Å². The predicted octanol–water partition coefficient (Wildman–Crippen LogP) is 3.04. The molecule has 1 aliphatic heterocycles. The third-order valence-electron chi connectivity index (χ3n) is 3.05. The quantitative estimate of drug-likeness (QED) is 0.409. The van der Waals surface area contributed by atoms with E-state index in [1.54, 1.807) is 18.3 Å². The molecule has 0 aromatic heterocycles. The van der Waals surface area contributed by atoms with Crippen LogP contribution in [0, 0.1) is 3.57 Å². The molecule has 5 nitrogen and oxygen atoms in total. The van der Waals surface area contributed by atoms with E-state index >= 15 is 0 Å². The van der Waals surface area contributed by atoms with Gasteiger partial charge in [-0.2, -0.15) is 5.10 Å². The highest BCUT2D eigenvalue weighted by Gasteiger charge is 2.32. The van der Waals surface area contributed by atoms with Gasteiger partial charge >= 0.3 is 0 Å². The molecule has 120 valence electrons. The van der Waals surface area contributed by atoms with E-state index in [-0.39, 0.29) is 15.7 Å². The average molecular weight is 452 g/mol. The van der Waals surface area contributed by atoms with E-state index in [0.717, 1.165) is 17.1 Å². The number of phenols is 1. The summed E-state index contributed by atoms with van der Waals surface area (Å²) in [5.41, 5.74) is 3.30. The van der Waals surface area contributed by atoms with Gasteiger partial charge in [-0.15, -0.1) is 23.5 Å². The molecule has 2 N–H and O–H groups in total. The Hall–Kier alpha value is -0.610. The Kier molecular flexibility index (Phi) is 6.27. The Morgan fingerprint density at radius 2 is 2.23 bits per heavy atom. The number of amides is 1. The molecule has 0 radical (unpaired) electrons. The molecule has 2 rings (SSSR count). The first kappa shape index (κ1) is 17.7. The number of phenolic OH excluding ortho intramolecular Hbond substituents is 1. The van der Waals surface area contributed by atoms with E-state index in [2.05, 4.69) is 17.5 Å². The third kappa shape index (κ3) is 4.69. The number of halogens is 1. The van der Waals surface area contributed by atoms with Crippen molar-refractivity contribution in [2.45, 2.75) is 17.4 Å². The Labute approximate surface area is 151 Å². The van der Waals surface area contributed by atoms with Crippen LogP contribution < -0.4 is 10.2 Å². The van der Waals surface area contributed by atoms with Crippen LogP contribution in [-0.4, -0.2) is 39.9 Å². The lowest BCUT2D eigenvalue weighted by Crippen LogP contribution is -2.26. The Bertz CT molecular complexity index is 590. The van der Waals surface area contributed by atoms with Crippen LogP contribution in [0.15, 0.2) is 17.2 Å². The fraction of sp³-hybridized carbons (Fsp3) is 0.429. The van der Waals surface area contributed by atoms with Crippen molar-refractivity contribution in [2.75, 3.05) is 18.6 Å². The van der Waals surface area contributed by atoms with Gasteiger partial charge < -0.3 is 9.84 Å². The number of carbonyl (C=O) groups excluding carboxylic acids is 1. The highest BCUT2D eigenvalue weighted by molar-refractivity contribution is 14.1. The molecule has 0 spiro atoms. The van der Waals surface area contributed by atoms with Crippen LogP contribution in [0.5, 0.6) is 11.5 Å². The number of hydrogen-bond acceptors (Lipinski definition) is 6.